The fourth-order valence-corrected chi connectivity index (χ4v) is 4.87. The molecule has 0 bridgehead atoms. The molecule has 0 radical (unpaired) electrons. The van der Waals surface area contributed by atoms with Gasteiger partial charge < -0.3 is 14.8 Å². The van der Waals surface area contributed by atoms with Crippen LogP contribution in [-0.4, -0.2) is 24.5 Å². The summed E-state index contributed by atoms with van der Waals surface area (Å²) in [6.45, 7) is 7.80. The number of para-hydroxylation sites is 1. The van der Waals surface area contributed by atoms with Crippen molar-refractivity contribution in [2.24, 2.45) is 0 Å². The van der Waals surface area contributed by atoms with E-state index in [4.69, 9.17) is 9.47 Å². The molecule has 178 valence electrons. The molecule has 1 aliphatic heterocycles. The number of esters is 1. The van der Waals surface area contributed by atoms with Gasteiger partial charge in [-0.25, -0.2) is 9.18 Å². The van der Waals surface area contributed by atoms with Crippen molar-refractivity contribution >= 4 is 11.8 Å². The van der Waals surface area contributed by atoms with Crippen molar-refractivity contribution in [3.05, 3.63) is 88.0 Å². The van der Waals surface area contributed by atoms with Gasteiger partial charge in [0.1, 0.15) is 11.6 Å². The molecular weight excluding hydrogens is 433 g/mol. The molecule has 0 amide bonds. The van der Waals surface area contributed by atoms with Gasteiger partial charge in [0.05, 0.1) is 24.2 Å². The number of rotatable bonds is 6. The third-order valence-electron chi connectivity index (χ3n) is 6.26. The summed E-state index contributed by atoms with van der Waals surface area (Å²) < 4.78 is 24.9. The zero-order chi connectivity index (χ0) is 24.4. The number of carbonyl (C=O) groups excluding carboxylic acids is 2. The number of benzene rings is 2. The first-order valence-electron chi connectivity index (χ1n) is 11.7. The second kappa shape index (κ2) is 9.84. The number of hydrogen-bond acceptors (Lipinski definition) is 5. The molecule has 1 aliphatic carbocycles. The van der Waals surface area contributed by atoms with E-state index in [0.29, 0.717) is 35.6 Å². The normalized spacial score (nSPS) is 20.2. The highest BCUT2D eigenvalue weighted by atomic mass is 19.1. The molecule has 0 unspecified atom stereocenters. The molecule has 0 fully saturated rings. The Kier molecular flexibility index (Phi) is 6.87. The monoisotopic (exact) mass is 463 g/mol. The first kappa shape index (κ1) is 23.7. The number of dihydropyridines is 1. The highest BCUT2D eigenvalue weighted by molar-refractivity contribution is 6.04. The smallest absolute Gasteiger partial charge is 0.337 e. The lowest BCUT2D eigenvalue weighted by atomic mass is 9.71. The van der Waals surface area contributed by atoms with E-state index in [9.17, 15) is 14.0 Å². The quantitative estimate of drug-likeness (QED) is 0.570. The highest BCUT2D eigenvalue weighted by Gasteiger charge is 2.42. The second-order valence-electron chi connectivity index (χ2n) is 8.99. The fraction of sp³-hybridized carbons (Fsp3) is 0.357. The summed E-state index contributed by atoms with van der Waals surface area (Å²) in [6, 6.07) is 13.8. The van der Waals surface area contributed by atoms with Crippen molar-refractivity contribution in [1.29, 1.82) is 0 Å². The standard InChI is InChI=1S/C28H30FNO4/c1-5-33-24-9-7-6-8-21(24)26-25(28(32)34-16(2)3)17(4)30-22-14-19(15-23(31)27(22)26)18-10-12-20(29)13-11-18/h6-13,16,19,26,30H,5,14-15H2,1-4H3/t19-,26+/m1/s1. The van der Waals surface area contributed by atoms with Gasteiger partial charge in [0.15, 0.2) is 5.78 Å². The van der Waals surface area contributed by atoms with Gasteiger partial charge in [-0.3, -0.25) is 4.79 Å². The zero-order valence-corrected chi connectivity index (χ0v) is 20.0. The third kappa shape index (κ3) is 4.63. The van der Waals surface area contributed by atoms with Gasteiger partial charge in [0.2, 0.25) is 0 Å². The van der Waals surface area contributed by atoms with Crippen LogP contribution in [0.2, 0.25) is 0 Å². The van der Waals surface area contributed by atoms with Gasteiger partial charge in [-0.1, -0.05) is 30.3 Å². The Morgan fingerprint density at radius 1 is 1.12 bits per heavy atom. The predicted octanol–water partition coefficient (Wildman–Crippen LogP) is 5.54. The maximum absolute atomic E-state index is 13.6. The maximum Gasteiger partial charge on any atom is 0.337 e. The molecule has 2 atom stereocenters. The van der Waals surface area contributed by atoms with E-state index in [1.54, 1.807) is 26.0 Å². The third-order valence-corrected chi connectivity index (χ3v) is 6.26. The summed E-state index contributed by atoms with van der Waals surface area (Å²) in [5, 5.41) is 3.34. The number of hydrogen-bond donors (Lipinski definition) is 1. The second-order valence-corrected chi connectivity index (χ2v) is 8.99. The van der Waals surface area contributed by atoms with Crippen molar-refractivity contribution in [2.75, 3.05) is 6.61 Å². The number of ketones is 1. The highest BCUT2D eigenvalue weighted by Crippen LogP contribution is 2.47. The lowest BCUT2D eigenvalue weighted by molar-refractivity contribution is -0.143. The topological polar surface area (TPSA) is 64.6 Å². The molecule has 0 aromatic heterocycles. The molecule has 1 N–H and O–H groups in total. The number of nitrogens with one attached hydrogen (secondary N) is 1. The first-order chi connectivity index (χ1) is 16.3. The molecule has 1 heterocycles. The van der Waals surface area contributed by atoms with Crippen LogP contribution >= 0.6 is 0 Å². The van der Waals surface area contributed by atoms with Gasteiger partial charge in [0, 0.05) is 29.0 Å². The molecule has 34 heavy (non-hydrogen) atoms. The van der Waals surface area contributed by atoms with Crippen LogP contribution in [0.1, 0.15) is 63.5 Å². The van der Waals surface area contributed by atoms with E-state index in [1.807, 2.05) is 38.1 Å². The Balaban J connectivity index is 1.82. The maximum atomic E-state index is 13.6. The lowest BCUT2D eigenvalue weighted by Gasteiger charge is -2.37. The molecule has 6 heteroatoms. The largest absolute Gasteiger partial charge is 0.494 e. The van der Waals surface area contributed by atoms with Crippen LogP contribution in [0.5, 0.6) is 5.75 Å². The summed E-state index contributed by atoms with van der Waals surface area (Å²) >= 11 is 0. The summed E-state index contributed by atoms with van der Waals surface area (Å²) in [7, 11) is 0. The van der Waals surface area contributed by atoms with E-state index < -0.39 is 11.9 Å². The summed E-state index contributed by atoms with van der Waals surface area (Å²) in [4.78, 5) is 26.9. The van der Waals surface area contributed by atoms with Gasteiger partial charge in [-0.05, 0) is 63.8 Å². The van der Waals surface area contributed by atoms with E-state index >= 15 is 0 Å². The Bertz CT molecular complexity index is 1160. The van der Waals surface area contributed by atoms with Crippen LogP contribution in [-0.2, 0) is 14.3 Å². The average molecular weight is 464 g/mol. The minimum absolute atomic E-state index is 0.0401. The van der Waals surface area contributed by atoms with Crippen molar-refractivity contribution in [3.63, 3.8) is 0 Å². The molecule has 0 saturated heterocycles. The minimum Gasteiger partial charge on any atom is -0.494 e. The molecular formula is C28H30FNO4. The minimum atomic E-state index is -0.591. The first-order valence-corrected chi connectivity index (χ1v) is 11.7. The predicted molar refractivity (Wildman–Crippen MR) is 128 cm³/mol. The molecule has 0 spiro atoms. The Labute approximate surface area is 199 Å². The van der Waals surface area contributed by atoms with Crippen molar-refractivity contribution in [3.8, 4) is 5.75 Å². The Morgan fingerprint density at radius 3 is 2.50 bits per heavy atom. The number of allylic oxidation sites excluding steroid dienone is 3. The Morgan fingerprint density at radius 2 is 1.82 bits per heavy atom. The average Bonchev–Trinajstić information content (AvgIpc) is 2.78. The molecule has 2 aromatic rings. The van der Waals surface area contributed by atoms with E-state index in [2.05, 4.69) is 5.32 Å². The van der Waals surface area contributed by atoms with Crippen LogP contribution in [0.3, 0.4) is 0 Å². The molecule has 2 aromatic carbocycles. The molecule has 2 aliphatic rings. The molecule has 0 saturated carbocycles. The van der Waals surface area contributed by atoms with Gasteiger partial charge in [0.25, 0.3) is 0 Å². The van der Waals surface area contributed by atoms with Crippen LogP contribution in [0.25, 0.3) is 0 Å². The fourth-order valence-electron chi connectivity index (χ4n) is 4.87. The summed E-state index contributed by atoms with van der Waals surface area (Å²) in [5.74, 6) is -0.815. The summed E-state index contributed by atoms with van der Waals surface area (Å²) in [5.41, 5.74) is 4.14. The van der Waals surface area contributed by atoms with Crippen LogP contribution in [0, 0.1) is 5.82 Å². The van der Waals surface area contributed by atoms with Gasteiger partial charge in [-0.2, -0.15) is 0 Å². The summed E-state index contributed by atoms with van der Waals surface area (Å²) in [6.07, 6.45) is 0.574. The number of ether oxygens (including phenoxy) is 2. The van der Waals surface area contributed by atoms with Gasteiger partial charge in [-0.15, -0.1) is 0 Å². The SMILES string of the molecule is CCOc1ccccc1[C@H]1C(C(=O)OC(C)C)=C(C)NC2=C1C(=O)C[C@H](c1ccc(F)cc1)C2. The number of Topliss-reactive ketones (excluding diaryl/α,β-unsaturated/α-hetero) is 1. The van der Waals surface area contributed by atoms with Crippen molar-refractivity contribution in [1.82, 2.24) is 5.32 Å². The van der Waals surface area contributed by atoms with E-state index in [-0.39, 0.29) is 30.0 Å². The lowest BCUT2D eigenvalue weighted by Crippen LogP contribution is -2.36. The Hall–Kier alpha value is -3.41. The van der Waals surface area contributed by atoms with E-state index in [1.165, 1.54) is 12.1 Å². The molecule has 5 nitrogen and oxygen atoms in total. The van der Waals surface area contributed by atoms with Crippen molar-refractivity contribution in [2.45, 2.75) is 58.5 Å². The van der Waals surface area contributed by atoms with Crippen molar-refractivity contribution < 1.29 is 23.5 Å². The van der Waals surface area contributed by atoms with Crippen LogP contribution in [0.15, 0.2) is 71.1 Å². The van der Waals surface area contributed by atoms with Crippen LogP contribution in [0.4, 0.5) is 4.39 Å². The van der Waals surface area contributed by atoms with E-state index in [0.717, 1.165) is 16.8 Å². The number of carbonyl (C=O) groups is 2. The molecule has 4 rings (SSSR count). The van der Waals surface area contributed by atoms with Gasteiger partial charge >= 0.3 is 5.97 Å². The zero-order valence-electron chi connectivity index (χ0n) is 20.0. The number of halogens is 1. The van der Waals surface area contributed by atoms with Crippen LogP contribution < -0.4 is 10.1 Å².